The number of nitrogens with zero attached hydrogens (tertiary/aromatic N) is 2. The third-order valence-electron chi connectivity index (χ3n) is 5.11. The van der Waals surface area contributed by atoms with Gasteiger partial charge in [-0.1, -0.05) is 24.3 Å². The summed E-state index contributed by atoms with van der Waals surface area (Å²) in [7, 11) is -3.41. The molecule has 9 heteroatoms. The minimum absolute atomic E-state index is 0.0400. The van der Waals surface area contributed by atoms with Crippen molar-refractivity contribution in [3.63, 3.8) is 0 Å². The van der Waals surface area contributed by atoms with Crippen molar-refractivity contribution in [2.45, 2.75) is 11.3 Å². The van der Waals surface area contributed by atoms with Gasteiger partial charge in [0.05, 0.1) is 16.8 Å². The van der Waals surface area contributed by atoms with Gasteiger partial charge in [-0.05, 0) is 47.5 Å². The molecule has 168 valence electrons. The molecule has 0 aliphatic carbocycles. The Labute approximate surface area is 187 Å². The quantitative estimate of drug-likeness (QED) is 0.436. The molecule has 0 radical (unpaired) electrons. The van der Waals surface area contributed by atoms with Gasteiger partial charge in [-0.3, -0.25) is 4.79 Å². The lowest BCUT2D eigenvalue weighted by Crippen LogP contribution is -2.26. The number of hydrogen-bond donors (Lipinski definition) is 0. The molecule has 4 aromatic rings. The minimum atomic E-state index is -3.41. The molecule has 0 amide bonds. The first-order valence-electron chi connectivity index (χ1n) is 9.75. The lowest BCUT2D eigenvalue weighted by molar-refractivity contribution is 0.507. The first-order valence-corrected chi connectivity index (χ1v) is 11.6. The molecule has 0 N–H and O–H groups in total. The number of aromatic nitrogens is 2. The summed E-state index contributed by atoms with van der Waals surface area (Å²) in [6, 6.07) is 14.6. The van der Waals surface area contributed by atoms with Gasteiger partial charge in [0, 0.05) is 29.9 Å². The van der Waals surface area contributed by atoms with Gasteiger partial charge in [-0.2, -0.15) is 9.78 Å². The Kier molecular flexibility index (Phi) is 5.90. The van der Waals surface area contributed by atoms with E-state index in [4.69, 9.17) is 0 Å². The first-order chi connectivity index (χ1) is 15.6. The van der Waals surface area contributed by atoms with Crippen LogP contribution >= 0.6 is 0 Å². The largest absolute Gasteiger partial charge is 0.275 e. The van der Waals surface area contributed by atoms with Gasteiger partial charge in [0.2, 0.25) is 0 Å². The zero-order chi connectivity index (χ0) is 23.8. The number of sulfone groups is 1. The maximum Gasteiger partial charge on any atom is 0.275 e. The van der Waals surface area contributed by atoms with Crippen molar-refractivity contribution in [1.82, 2.24) is 9.78 Å². The molecule has 1 heterocycles. The molecular weight excluding hydrogens is 453 g/mol. The van der Waals surface area contributed by atoms with Crippen molar-refractivity contribution in [2.75, 3.05) is 6.26 Å². The summed E-state index contributed by atoms with van der Waals surface area (Å²) in [6.07, 6.45) is 2.60. The molecule has 0 saturated carbocycles. The normalized spacial score (nSPS) is 11.5. The van der Waals surface area contributed by atoms with E-state index in [1.807, 2.05) is 0 Å². The van der Waals surface area contributed by atoms with Gasteiger partial charge in [-0.15, -0.1) is 0 Å². The van der Waals surface area contributed by atoms with Crippen LogP contribution in [0.15, 0.2) is 82.6 Å². The molecule has 0 bridgehead atoms. The highest BCUT2D eigenvalue weighted by atomic mass is 32.2. The molecule has 0 saturated heterocycles. The number of halogens is 3. The Morgan fingerprint density at radius 1 is 0.879 bits per heavy atom. The van der Waals surface area contributed by atoms with Gasteiger partial charge in [0.25, 0.3) is 5.56 Å². The number of hydrogen-bond acceptors (Lipinski definition) is 4. The molecule has 4 rings (SSSR count). The second-order valence-electron chi connectivity index (χ2n) is 7.45. The number of rotatable bonds is 5. The summed E-state index contributed by atoms with van der Waals surface area (Å²) in [4.78, 5) is 13.5. The van der Waals surface area contributed by atoms with Crippen LogP contribution in [0, 0.1) is 17.5 Å². The standard InChI is InChI=1S/C24H17F3N2O3S/c1-33(31,32)19-9-4-16(5-10-19)21-14-28-29(18-8-11-22(26)23(27)13-18)24(30)20(21)12-15-2-6-17(25)7-3-15/h2-11,13-14H,12H2,1H3. The SMILES string of the molecule is CS(=O)(=O)c1ccc(-c2cnn(-c3ccc(F)c(F)c3)c(=O)c2Cc2ccc(F)cc2)cc1. The van der Waals surface area contributed by atoms with E-state index in [0.29, 0.717) is 16.7 Å². The maximum absolute atomic E-state index is 13.8. The predicted molar refractivity (Wildman–Crippen MR) is 118 cm³/mol. The van der Waals surface area contributed by atoms with Crippen LogP contribution in [0.2, 0.25) is 0 Å². The van der Waals surface area contributed by atoms with Crippen molar-refractivity contribution in [3.05, 3.63) is 112 Å². The molecule has 0 spiro atoms. The smallest absolute Gasteiger partial charge is 0.267 e. The zero-order valence-electron chi connectivity index (χ0n) is 17.3. The van der Waals surface area contributed by atoms with Gasteiger partial charge in [-0.25, -0.2) is 21.6 Å². The fourth-order valence-corrected chi connectivity index (χ4v) is 4.03. The van der Waals surface area contributed by atoms with Crippen molar-refractivity contribution in [3.8, 4) is 16.8 Å². The summed E-state index contributed by atoms with van der Waals surface area (Å²) >= 11 is 0. The molecule has 3 aromatic carbocycles. The van der Waals surface area contributed by atoms with Crippen LogP contribution in [0.3, 0.4) is 0 Å². The van der Waals surface area contributed by atoms with Crippen LogP contribution in [-0.2, 0) is 16.3 Å². The van der Waals surface area contributed by atoms with Crippen molar-refractivity contribution >= 4 is 9.84 Å². The van der Waals surface area contributed by atoms with Crippen LogP contribution in [0.4, 0.5) is 13.2 Å². The summed E-state index contributed by atoms with van der Waals surface area (Å²) in [5.74, 6) is -2.60. The topological polar surface area (TPSA) is 69.0 Å². The van der Waals surface area contributed by atoms with Crippen molar-refractivity contribution in [2.24, 2.45) is 0 Å². The minimum Gasteiger partial charge on any atom is -0.267 e. The Hall–Kier alpha value is -3.72. The Bertz CT molecular complexity index is 1500. The molecule has 33 heavy (non-hydrogen) atoms. The summed E-state index contributed by atoms with van der Waals surface area (Å²) in [5, 5.41) is 4.12. The van der Waals surface area contributed by atoms with E-state index in [0.717, 1.165) is 23.1 Å². The van der Waals surface area contributed by atoms with Crippen molar-refractivity contribution in [1.29, 1.82) is 0 Å². The lowest BCUT2D eigenvalue weighted by atomic mass is 9.97. The molecule has 0 fully saturated rings. The third-order valence-corrected chi connectivity index (χ3v) is 6.24. The molecular formula is C24H17F3N2O3S. The molecule has 0 aliphatic rings. The zero-order valence-corrected chi connectivity index (χ0v) is 18.1. The lowest BCUT2D eigenvalue weighted by Gasteiger charge is -2.13. The second-order valence-corrected chi connectivity index (χ2v) is 9.47. The summed E-state index contributed by atoms with van der Waals surface area (Å²) in [5.41, 5.74) is 1.36. The van der Waals surface area contributed by atoms with E-state index >= 15 is 0 Å². The molecule has 5 nitrogen and oxygen atoms in total. The van der Waals surface area contributed by atoms with Crippen LogP contribution < -0.4 is 5.56 Å². The van der Waals surface area contributed by atoms with Gasteiger partial charge >= 0.3 is 0 Å². The Morgan fingerprint density at radius 2 is 1.55 bits per heavy atom. The Balaban J connectivity index is 1.88. The monoisotopic (exact) mass is 470 g/mol. The maximum atomic E-state index is 13.8. The Morgan fingerprint density at radius 3 is 2.15 bits per heavy atom. The highest BCUT2D eigenvalue weighted by Gasteiger charge is 2.17. The van der Waals surface area contributed by atoms with Crippen molar-refractivity contribution < 1.29 is 21.6 Å². The van der Waals surface area contributed by atoms with Crippen LogP contribution in [-0.4, -0.2) is 24.5 Å². The molecule has 0 aliphatic heterocycles. The average Bonchev–Trinajstić information content (AvgIpc) is 2.78. The van der Waals surface area contributed by atoms with E-state index in [2.05, 4.69) is 5.10 Å². The van der Waals surface area contributed by atoms with E-state index in [1.54, 1.807) is 12.1 Å². The first kappa shape index (κ1) is 22.5. The second kappa shape index (κ2) is 8.67. The van der Waals surface area contributed by atoms with Gasteiger partial charge < -0.3 is 0 Å². The predicted octanol–water partition coefficient (Wildman–Crippen LogP) is 4.31. The van der Waals surface area contributed by atoms with Crippen LogP contribution in [0.25, 0.3) is 16.8 Å². The van der Waals surface area contributed by atoms with Gasteiger partial charge in [0.1, 0.15) is 5.82 Å². The van der Waals surface area contributed by atoms with E-state index in [-0.39, 0.29) is 22.6 Å². The van der Waals surface area contributed by atoms with Gasteiger partial charge in [0.15, 0.2) is 21.5 Å². The molecule has 0 unspecified atom stereocenters. The fraction of sp³-hybridized carbons (Fsp3) is 0.0833. The summed E-state index contributed by atoms with van der Waals surface area (Å²) in [6.45, 7) is 0. The van der Waals surface area contributed by atoms with Crippen LogP contribution in [0.5, 0.6) is 0 Å². The van der Waals surface area contributed by atoms with E-state index in [9.17, 15) is 26.4 Å². The fourth-order valence-electron chi connectivity index (χ4n) is 3.40. The molecule has 0 atom stereocenters. The molecule has 1 aromatic heterocycles. The summed E-state index contributed by atoms with van der Waals surface area (Å²) < 4.78 is 65.0. The average molecular weight is 470 g/mol. The van der Waals surface area contributed by atoms with E-state index < -0.39 is 32.8 Å². The highest BCUT2D eigenvalue weighted by molar-refractivity contribution is 7.90. The van der Waals surface area contributed by atoms with Crippen LogP contribution in [0.1, 0.15) is 11.1 Å². The number of benzene rings is 3. The third kappa shape index (κ3) is 4.73. The highest BCUT2D eigenvalue weighted by Crippen LogP contribution is 2.25. The van der Waals surface area contributed by atoms with E-state index in [1.165, 1.54) is 48.7 Å².